The first-order chi connectivity index (χ1) is 23.8. The van der Waals surface area contributed by atoms with Crippen LogP contribution in [0.1, 0.15) is 0 Å². The molecule has 4 nitrogen and oxygen atoms in total. The summed E-state index contributed by atoms with van der Waals surface area (Å²) in [5, 5.41) is 4.59. The Hall–Kier alpha value is -6.17. The number of furan rings is 1. The van der Waals surface area contributed by atoms with Crippen LogP contribution >= 0.6 is 11.3 Å². The van der Waals surface area contributed by atoms with Crippen LogP contribution in [0, 0.1) is 0 Å². The topological polar surface area (TPSA) is 42.4 Å². The Kier molecular flexibility index (Phi) is 6.01. The second kappa shape index (κ2) is 10.7. The third kappa shape index (κ3) is 4.33. The van der Waals surface area contributed by atoms with Gasteiger partial charge in [0.1, 0.15) is 16.7 Å². The molecule has 0 N–H and O–H groups in total. The van der Waals surface area contributed by atoms with Gasteiger partial charge in [0.25, 0.3) is 0 Å². The van der Waals surface area contributed by atoms with E-state index < -0.39 is 0 Å². The fraction of sp³-hybridized carbons (Fsp3) is 0. The average Bonchev–Trinajstić information content (AvgIpc) is 3.85. The zero-order chi connectivity index (χ0) is 31.6. The van der Waals surface area contributed by atoms with E-state index in [2.05, 4.69) is 108 Å². The zero-order valence-corrected chi connectivity index (χ0v) is 26.4. The van der Waals surface area contributed by atoms with Crippen molar-refractivity contribution in [3.8, 4) is 22.6 Å². The van der Waals surface area contributed by atoms with Crippen molar-refractivity contribution in [3.05, 3.63) is 158 Å². The number of fused-ring (bicyclic) bond motifs is 8. The molecule has 0 bridgehead atoms. The van der Waals surface area contributed by atoms with Gasteiger partial charge in [0.2, 0.25) is 5.89 Å². The standard InChI is InChI=1S/C43H26N2O2S/c1-3-9-28(10-4-1)43-44-42-37(47-43)22-24-40-41(42)35-25-29(17-23-39(35)48-40)27-15-18-31(19-16-27)45(30-11-5-2-6-12-30)32-20-21-34-33-13-7-8-14-36(33)46-38(34)26-32/h1-26H. The number of nitrogens with zero attached hydrogens (tertiary/aromatic N) is 2. The fourth-order valence-electron chi connectivity index (χ4n) is 6.82. The van der Waals surface area contributed by atoms with Crippen LogP contribution in [0.5, 0.6) is 0 Å². The SMILES string of the molecule is c1ccc(-c2nc3c(ccc4sc5ccc(-c6ccc(N(c7ccccc7)c7ccc8c(c7)oc7ccccc78)cc6)cc5c43)o2)cc1. The minimum absolute atomic E-state index is 0.645. The average molecular weight is 635 g/mol. The summed E-state index contributed by atoms with van der Waals surface area (Å²) in [5.74, 6) is 0.645. The molecule has 0 saturated carbocycles. The number of para-hydroxylation sites is 2. The molecule has 10 aromatic rings. The third-order valence-corrected chi connectivity index (χ3v) is 10.2. The Bertz CT molecular complexity index is 2780. The molecule has 0 atom stereocenters. The van der Waals surface area contributed by atoms with Gasteiger partial charge in [0.05, 0.1) is 0 Å². The summed E-state index contributed by atoms with van der Waals surface area (Å²) in [4.78, 5) is 7.26. The molecule has 3 aromatic heterocycles. The molecular formula is C43H26N2O2S. The molecular weight excluding hydrogens is 609 g/mol. The Morgan fingerprint density at radius 1 is 0.438 bits per heavy atom. The highest BCUT2D eigenvalue weighted by atomic mass is 32.1. The zero-order valence-electron chi connectivity index (χ0n) is 25.6. The summed E-state index contributed by atoms with van der Waals surface area (Å²) in [6.07, 6.45) is 0. The van der Waals surface area contributed by atoms with E-state index in [0.29, 0.717) is 5.89 Å². The number of benzene rings is 7. The van der Waals surface area contributed by atoms with Crippen molar-refractivity contribution in [2.75, 3.05) is 4.90 Å². The van der Waals surface area contributed by atoms with E-state index in [1.807, 2.05) is 54.6 Å². The van der Waals surface area contributed by atoms with Crippen molar-refractivity contribution >= 4 is 81.6 Å². The van der Waals surface area contributed by atoms with Gasteiger partial charge in [-0.15, -0.1) is 11.3 Å². The summed E-state index contributed by atoms with van der Waals surface area (Å²) >= 11 is 1.79. The van der Waals surface area contributed by atoms with E-state index in [1.165, 1.54) is 14.8 Å². The van der Waals surface area contributed by atoms with E-state index in [4.69, 9.17) is 13.8 Å². The minimum atomic E-state index is 0.645. The Morgan fingerprint density at radius 2 is 1.12 bits per heavy atom. The van der Waals surface area contributed by atoms with Crippen LogP contribution in [0.2, 0.25) is 0 Å². The number of aromatic nitrogens is 1. The molecule has 0 aliphatic heterocycles. The van der Waals surface area contributed by atoms with Crippen molar-refractivity contribution in [3.63, 3.8) is 0 Å². The highest BCUT2D eigenvalue weighted by Crippen LogP contribution is 2.42. The Morgan fingerprint density at radius 3 is 1.98 bits per heavy atom. The largest absolute Gasteiger partial charge is 0.456 e. The van der Waals surface area contributed by atoms with Gasteiger partial charge in [-0.3, -0.25) is 0 Å². The molecule has 10 rings (SSSR count). The van der Waals surface area contributed by atoms with Crippen molar-refractivity contribution in [1.29, 1.82) is 0 Å². The van der Waals surface area contributed by atoms with Crippen molar-refractivity contribution in [2.24, 2.45) is 0 Å². The molecule has 226 valence electrons. The number of oxazole rings is 1. The van der Waals surface area contributed by atoms with Crippen LogP contribution in [-0.4, -0.2) is 4.98 Å². The molecule has 48 heavy (non-hydrogen) atoms. The summed E-state index contributed by atoms with van der Waals surface area (Å²) in [6.45, 7) is 0. The molecule has 3 heterocycles. The lowest BCUT2D eigenvalue weighted by Crippen LogP contribution is -2.09. The minimum Gasteiger partial charge on any atom is -0.456 e. The first-order valence-corrected chi connectivity index (χ1v) is 16.8. The van der Waals surface area contributed by atoms with E-state index >= 15 is 0 Å². The summed E-state index contributed by atoms with van der Waals surface area (Å²) in [6, 6.07) is 55.0. The summed E-state index contributed by atoms with van der Waals surface area (Å²) in [5.41, 5.74) is 9.96. The van der Waals surface area contributed by atoms with Crippen LogP contribution in [0.15, 0.2) is 167 Å². The Labute approximate surface area is 279 Å². The molecule has 0 radical (unpaired) electrons. The predicted molar refractivity (Wildman–Crippen MR) is 200 cm³/mol. The number of hydrogen-bond acceptors (Lipinski definition) is 5. The monoisotopic (exact) mass is 634 g/mol. The van der Waals surface area contributed by atoms with Gasteiger partial charge in [-0.1, -0.05) is 72.8 Å². The smallest absolute Gasteiger partial charge is 0.227 e. The number of thiophene rings is 1. The summed E-state index contributed by atoms with van der Waals surface area (Å²) in [7, 11) is 0. The van der Waals surface area contributed by atoms with E-state index in [9.17, 15) is 0 Å². The molecule has 0 aliphatic rings. The van der Waals surface area contributed by atoms with Gasteiger partial charge >= 0.3 is 0 Å². The molecule has 5 heteroatoms. The third-order valence-electron chi connectivity index (χ3n) is 9.11. The lowest BCUT2D eigenvalue weighted by Gasteiger charge is -2.25. The molecule has 0 amide bonds. The molecule has 0 spiro atoms. The van der Waals surface area contributed by atoms with Crippen LogP contribution in [-0.2, 0) is 0 Å². The van der Waals surface area contributed by atoms with E-state index in [0.717, 1.165) is 72.2 Å². The molecule has 0 aliphatic carbocycles. The van der Waals surface area contributed by atoms with Crippen molar-refractivity contribution in [1.82, 2.24) is 4.98 Å². The van der Waals surface area contributed by atoms with Crippen LogP contribution in [0.25, 0.3) is 75.8 Å². The number of anilines is 3. The number of hydrogen-bond donors (Lipinski definition) is 0. The normalized spacial score (nSPS) is 11.8. The first kappa shape index (κ1) is 27.0. The number of rotatable bonds is 5. The quantitative estimate of drug-likeness (QED) is 0.189. The lowest BCUT2D eigenvalue weighted by atomic mass is 10.0. The van der Waals surface area contributed by atoms with Gasteiger partial charge in [0, 0.05) is 59.6 Å². The second-order valence-electron chi connectivity index (χ2n) is 12.0. The highest BCUT2D eigenvalue weighted by molar-refractivity contribution is 7.26. The highest BCUT2D eigenvalue weighted by Gasteiger charge is 2.18. The fourth-order valence-corrected chi connectivity index (χ4v) is 7.91. The summed E-state index contributed by atoms with van der Waals surface area (Å²) < 4.78 is 14.9. The maximum absolute atomic E-state index is 6.27. The van der Waals surface area contributed by atoms with Gasteiger partial charge in [-0.2, -0.15) is 0 Å². The van der Waals surface area contributed by atoms with Crippen molar-refractivity contribution in [2.45, 2.75) is 0 Å². The molecule has 7 aromatic carbocycles. The van der Waals surface area contributed by atoms with Crippen molar-refractivity contribution < 1.29 is 8.83 Å². The Balaban J connectivity index is 1.06. The van der Waals surface area contributed by atoms with Gasteiger partial charge in [-0.05, 0) is 90.0 Å². The van der Waals surface area contributed by atoms with E-state index in [-0.39, 0.29) is 0 Å². The second-order valence-corrected chi connectivity index (χ2v) is 13.1. The molecule has 0 saturated heterocycles. The van der Waals surface area contributed by atoms with Gasteiger partial charge in [0.15, 0.2) is 5.58 Å². The molecule has 0 fully saturated rings. The van der Waals surface area contributed by atoms with Crippen LogP contribution < -0.4 is 4.90 Å². The maximum Gasteiger partial charge on any atom is 0.227 e. The van der Waals surface area contributed by atoms with Gasteiger partial charge in [-0.25, -0.2) is 4.98 Å². The first-order valence-electron chi connectivity index (χ1n) is 15.9. The van der Waals surface area contributed by atoms with E-state index in [1.54, 1.807) is 11.3 Å². The van der Waals surface area contributed by atoms with Crippen LogP contribution in [0.3, 0.4) is 0 Å². The van der Waals surface area contributed by atoms with Crippen LogP contribution in [0.4, 0.5) is 17.1 Å². The van der Waals surface area contributed by atoms with Gasteiger partial charge < -0.3 is 13.7 Å². The lowest BCUT2D eigenvalue weighted by molar-refractivity contribution is 0.620. The maximum atomic E-state index is 6.27. The predicted octanol–water partition coefficient (Wildman–Crippen LogP) is 12.9. The molecule has 0 unspecified atom stereocenters.